The molecule has 3 heteroatoms. The molecule has 0 aliphatic carbocycles. The molecule has 2 rings (SSSR count). The van der Waals surface area contributed by atoms with Crippen LogP contribution in [-0.2, 0) is 6.42 Å². The summed E-state index contributed by atoms with van der Waals surface area (Å²) in [6, 6.07) is 1.85. The lowest BCUT2D eigenvalue weighted by atomic mass is 10.1. The maximum atomic E-state index is 4.23. The Kier molecular flexibility index (Phi) is 3.24. The van der Waals surface area contributed by atoms with Gasteiger partial charge in [0.15, 0.2) is 0 Å². The van der Waals surface area contributed by atoms with E-state index in [1.54, 1.807) is 12.4 Å². The Morgan fingerprint density at radius 2 is 2.07 bits per heavy atom. The van der Waals surface area contributed by atoms with Crippen LogP contribution in [0.2, 0.25) is 0 Å². The summed E-state index contributed by atoms with van der Waals surface area (Å²) in [5.74, 6) is 0.931. The van der Waals surface area contributed by atoms with Gasteiger partial charge in [0.25, 0.3) is 0 Å². The van der Waals surface area contributed by atoms with Crippen molar-refractivity contribution in [3.8, 4) is 0 Å². The van der Waals surface area contributed by atoms with E-state index in [4.69, 9.17) is 0 Å². The van der Waals surface area contributed by atoms with E-state index in [0.29, 0.717) is 0 Å². The maximum Gasteiger partial charge on any atom is 0.132 e. The molecule has 3 nitrogen and oxygen atoms in total. The van der Waals surface area contributed by atoms with Gasteiger partial charge in [0.2, 0.25) is 0 Å². The lowest BCUT2D eigenvalue weighted by Crippen LogP contribution is -2.14. The van der Waals surface area contributed by atoms with Gasteiger partial charge in [0, 0.05) is 18.8 Å². The molecule has 0 spiro atoms. The van der Waals surface area contributed by atoms with Crippen LogP contribution in [0.5, 0.6) is 0 Å². The van der Waals surface area contributed by atoms with E-state index in [1.807, 2.05) is 6.07 Å². The third-order valence-electron chi connectivity index (χ3n) is 2.38. The van der Waals surface area contributed by atoms with Crippen molar-refractivity contribution in [2.24, 2.45) is 0 Å². The first-order valence-electron chi connectivity index (χ1n) is 5.09. The number of aromatic nitrogens is 2. The predicted octanol–water partition coefficient (Wildman–Crippen LogP) is 1.33. The summed E-state index contributed by atoms with van der Waals surface area (Å²) in [4.78, 5) is 8.46. The van der Waals surface area contributed by atoms with E-state index in [0.717, 1.165) is 38.2 Å². The van der Waals surface area contributed by atoms with Crippen LogP contribution >= 0.6 is 0 Å². The van der Waals surface area contributed by atoms with E-state index < -0.39 is 0 Å². The third kappa shape index (κ3) is 2.64. The molecule has 2 heterocycles. The molecule has 0 saturated heterocycles. The highest BCUT2D eigenvalue weighted by Crippen LogP contribution is 2.10. The van der Waals surface area contributed by atoms with Gasteiger partial charge in [0.05, 0.1) is 0 Å². The minimum absolute atomic E-state index is 0.905. The van der Waals surface area contributed by atoms with Gasteiger partial charge in [-0.15, -0.1) is 0 Å². The molecule has 0 bridgehead atoms. The largest absolute Gasteiger partial charge is 0.316 e. The van der Waals surface area contributed by atoms with E-state index >= 15 is 0 Å². The second-order valence-electron chi connectivity index (χ2n) is 3.49. The number of hydrogen-bond donors (Lipinski definition) is 1. The molecule has 1 aromatic rings. The minimum atomic E-state index is 0.905. The second kappa shape index (κ2) is 4.86. The van der Waals surface area contributed by atoms with Gasteiger partial charge >= 0.3 is 0 Å². The number of hydrogen-bond acceptors (Lipinski definition) is 3. The predicted molar refractivity (Wildman–Crippen MR) is 55.9 cm³/mol. The first-order valence-corrected chi connectivity index (χ1v) is 5.09. The molecule has 1 aliphatic rings. The average molecular weight is 189 g/mol. The molecule has 0 saturated carbocycles. The van der Waals surface area contributed by atoms with Gasteiger partial charge in [-0.05, 0) is 32.0 Å². The quantitative estimate of drug-likeness (QED) is 0.713. The van der Waals surface area contributed by atoms with Crippen molar-refractivity contribution in [1.29, 1.82) is 0 Å². The van der Waals surface area contributed by atoms with E-state index in [2.05, 4.69) is 21.4 Å². The van der Waals surface area contributed by atoms with Crippen molar-refractivity contribution in [3.63, 3.8) is 0 Å². The molecule has 0 unspecified atom stereocenters. The Hall–Kier alpha value is -1.22. The van der Waals surface area contributed by atoms with Crippen molar-refractivity contribution >= 4 is 0 Å². The summed E-state index contributed by atoms with van der Waals surface area (Å²) in [7, 11) is 0. The number of nitrogens with zero attached hydrogens (tertiary/aromatic N) is 2. The Labute approximate surface area is 84.3 Å². The molecule has 74 valence electrons. The molecule has 0 amide bonds. The van der Waals surface area contributed by atoms with Crippen LogP contribution in [0.3, 0.4) is 0 Å². The second-order valence-corrected chi connectivity index (χ2v) is 3.49. The fraction of sp³-hybridized carbons (Fsp3) is 0.455. The molecule has 0 aromatic carbocycles. The Balaban J connectivity index is 1.99. The summed E-state index contributed by atoms with van der Waals surface area (Å²) in [6.07, 6.45) is 9.08. The molecule has 1 N–H and O–H groups in total. The van der Waals surface area contributed by atoms with Crippen LogP contribution in [-0.4, -0.2) is 23.1 Å². The normalized spacial score (nSPS) is 17.3. The summed E-state index contributed by atoms with van der Waals surface area (Å²) in [6.45, 7) is 2.18. The van der Waals surface area contributed by atoms with Crippen LogP contribution in [0.4, 0.5) is 0 Å². The molecule has 0 radical (unpaired) electrons. The van der Waals surface area contributed by atoms with Crippen LogP contribution in [0.1, 0.15) is 18.7 Å². The summed E-state index contributed by atoms with van der Waals surface area (Å²) in [5, 5.41) is 3.37. The number of rotatable bonds is 2. The summed E-state index contributed by atoms with van der Waals surface area (Å²) >= 11 is 0. The lowest BCUT2D eigenvalue weighted by molar-refractivity contribution is 0.705. The van der Waals surface area contributed by atoms with Gasteiger partial charge in [-0.25, -0.2) is 9.97 Å². The molecule has 1 aliphatic heterocycles. The average Bonchev–Trinajstić information content (AvgIpc) is 2.48. The van der Waals surface area contributed by atoms with Crippen LogP contribution < -0.4 is 5.32 Å². The van der Waals surface area contributed by atoms with Crippen LogP contribution in [0, 0.1) is 0 Å². The fourth-order valence-corrected chi connectivity index (χ4v) is 1.64. The highest BCUT2D eigenvalue weighted by atomic mass is 14.9. The molecular weight excluding hydrogens is 174 g/mol. The third-order valence-corrected chi connectivity index (χ3v) is 2.38. The molecular formula is C11H15N3. The Morgan fingerprint density at radius 1 is 1.21 bits per heavy atom. The zero-order chi connectivity index (χ0) is 9.64. The zero-order valence-corrected chi connectivity index (χ0v) is 8.24. The standard InChI is InChI=1S/C11H15N3/c1-3-10(4-8-12-5-1)9-11-13-6-2-7-14-11/h2-3,6-7,12H,1,4-5,8-9H2. The summed E-state index contributed by atoms with van der Waals surface area (Å²) < 4.78 is 0. The minimum Gasteiger partial charge on any atom is -0.316 e. The highest BCUT2D eigenvalue weighted by molar-refractivity contribution is 5.11. The van der Waals surface area contributed by atoms with Crippen molar-refractivity contribution in [3.05, 3.63) is 35.9 Å². The van der Waals surface area contributed by atoms with Gasteiger partial charge in [-0.1, -0.05) is 11.6 Å². The maximum absolute atomic E-state index is 4.23. The van der Waals surface area contributed by atoms with Gasteiger partial charge < -0.3 is 5.32 Å². The van der Waals surface area contributed by atoms with Gasteiger partial charge in [-0.2, -0.15) is 0 Å². The smallest absolute Gasteiger partial charge is 0.132 e. The van der Waals surface area contributed by atoms with Gasteiger partial charge in [-0.3, -0.25) is 0 Å². The van der Waals surface area contributed by atoms with E-state index in [-0.39, 0.29) is 0 Å². The van der Waals surface area contributed by atoms with E-state index in [1.165, 1.54) is 5.57 Å². The summed E-state index contributed by atoms with van der Waals surface area (Å²) in [5.41, 5.74) is 1.46. The van der Waals surface area contributed by atoms with E-state index in [9.17, 15) is 0 Å². The SMILES string of the molecule is C1=C(Cc2ncccn2)CCNCC1. The Morgan fingerprint density at radius 3 is 2.93 bits per heavy atom. The molecule has 0 atom stereocenters. The van der Waals surface area contributed by atoms with Crippen LogP contribution in [0.15, 0.2) is 30.1 Å². The van der Waals surface area contributed by atoms with Crippen molar-refractivity contribution < 1.29 is 0 Å². The first-order chi connectivity index (χ1) is 6.95. The first kappa shape index (κ1) is 9.34. The highest BCUT2D eigenvalue weighted by Gasteiger charge is 2.04. The lowest BCUT2D eigenvalue weighted by Gasteiger charge is -2.03. The van der Waals surface area contributed by atoms with Crippen molar-refractivity contribution in [2.45, 2.75) is 19.3 Å². The zero-order valence-electron chi connectivity index (χ0n) is 8.24. The topological polar surface area (TPSA) is 37.8 Å². The number of nitrogens with one attached hydrogen (secondary N) is 1. The Bertz CT molecular complexity index is 306. The van der Waals surface area contributed by atoms with Gasteiger partial charge in [0.1, 0.15) is 5.82 Å². The van der Waals surface area contributed by atoms with Crippen LogP contribution in [0.25, 0.3) is 0 Å². The molecule has 1 aromatic heterocycles. The molecule has 0 fully saturated rings. The molecule has 14 heavy (non-hydrogen) atoms. The van der Waals surface area contributed by atoms with Crippen molar-refractivity contribution in [1.82, 2.24) is 15.3 Å². The fourth-order valence-electron chi connectivity index (χ4n) is 1.64. The van der Waals surface area contributed by atoms with Crippen molar-refractivity contribution in [2.75, 3.05) is 13.1 Å². The monoisotopic (exact) mass is 189 g/mol.